The topological polar surface area (TPSA) is 73.1 Å². The molecule has 2 N–H and O–H groups in total. The Balaban J connectivity index is 1.20. The molecule has 8 nitrogen and oxygen atoms in total. The molecule has 0 bridgehead atoms. The zero-order valence-electron chi connectivity index (χ0n) is 18.7. The zero-order chi connectivity index (χ0) is 21.6. The molecule has 3 aromatic rings. The van der Waals surface area contributed by atoms with Crippen LogP contribution in [0.25, 0.3) is 5.65 Å². The molecule has 0 saturated carbocycles. The minimum atomic E-state index is 0.569. The standard InChI is InChI=1S/C23H32N8/c1-18-7-6-8-20(19(18)2)30-15-13-29(14-16-30)12-10-25-23(24-3)26-17-22-28-27-21-9-4-5-11-31(21)22/h4-9,11H,10,12-17H2,1-3H3,(H2,24,25,26). The minimum Gasteiger partial charge on any atom is -0.369 e. The first-order valence-corrected chi connectivity index (χ1v) is 10.9. The van der Waals surface area contributed by atoms with E-state index in [4.69, 9.17) is 0 Å². The van der Waals surface area contributed by atoms with Crippen LogP contribution >= 0.6 is 0 Å². The first-order valence-electron chi connectivity index (χ1n) is 10.9. The molecule has 0 spiro atoms. The second-order valence-electron chi connectivity index (χ2n) is 7.95. The quantitative estimate of drug-likeness (QED) is 0.468. The number of aryl methyl sites for hydroxylation is 1. The van der Waals surface area contributed by atoms with E-state index in [0.29, 0.717) is 6.54 Å². The Kier molecular flexibility index (Phi) is 6.66. The highest BCUT2D eigenvalue weighted by molar-refractivity contribution is 5.79. The van der Waals surface area contributed by atoms with Gasteiger partial charge >= 0.3 is 0 Å². The molecule has 1 aromatic carbocycles. The number of anilines is 1. The van der Waals surface area contributed by atoms with Crippen LogP contribution in [0.1, 0.15) is 17.0 Å². The summed E-state index contributed by atoms with van der Waals surface area (Å²) in [6.07, 6.45) is 1.97. The van der Waals surface area contributed by atoms with Crippen molar-refractivity contribution < 1.29 is 0 Å². The maximum atomic E-state index is 4.33. The highest BCUT2D eigenvalue weighted by Crippen LogP contribution is 2.23. The second kappa shape index (κ2) is 9.78. The molecule has 1 saturated heterocycles. The van der Waals surface area contributed by atoms with Gasteiger partial charge in [0.2, 0.25) is 0 Å². The van der Waals surface area contributed by atoms with Crippen LogP contribution in [0.15, 0.2) is 47.6 Å². The number of fused-ring (bicyclic) bond motifs is 1. The average molecular weight is 421 g/mol. The number of aromatic nitrogens is 3. The van der Waals surface area contributed by atoms with Crippen molar-refractivity contribution in [2.75, 3.05) is 51.2 Å². The van der Waals surface area contributed by atoms with Crippen molar-refractivity contribution in [3.8, 4) is 0 Å². The van der Waals surface area contributed by atoms with E-state index in [-0.39, 0.29) is 0 Å². The third-order valence-corrected chi connectivity index (χ3v) is 6.03. The van der Waals surface area contributed by atoms with Gasteiger partial charge in [-0.05, 0) is 43.2 Å². The first-order chi connectivity index (χ1) is 15.2. The minimum absolute atomic E-state index is 0.569. The van der Waals surface area contributed by atoms with E-state index >= 15 is 0 Å². The average Bonchev–Trinajstić information content (AvgIpc) is 3.22. The van der Waals surface area contributed by atoms with Gasteiger partial charge in [-0.15, -0.1) is 10.2 Å². The summed E-state index contributed by atoms with van der Waals surface area (Å²) in [6, 6.07) is 12.5. The summed E-state index contributed by atoms with van der Waals surface area (Å²) >= 11 is 0. The molecule has 4 rings (SSSR count). The summed E-state index contributed by atoms with van der Waals surface area (Å²) in [6.45, 7) is 11.1. The van der Waals surface area contributed by atoms with Gasteiger partial charge < -0.3 is 15.5 Å². The van der Waals surface area contributed by atoms with Crippen LogP contribution in [-0.4, -0.2) is 71.8 Å². The maximum Gasteiger partial charge on any atom is 0.191 e. The van der Waals surface area contributed by atoms with E-state index in [1.54, 1.807) is 7.05 Å². The highest BCUT2D eigenvalue weighted by atomic mass is 15.3. The fraction of sp³-hybridized carbons (Fsp3) is 0.435. The van der Waals surface area contributed by atoms with Crippen molar-refractivity contribution in [1.82, 2.24) is 30.1 Å². The van der Waals surface area contributed by atoms with Gasteiger partial charge in [0.1, 0.15) is 0 Å². The summed E-state index contributed by atoms with van der Waals surface area (Å²) in [5.74, 6) is 1.64. The molecule has 0 unspecified atom stereocenters. The molecule has 164 valence electrons. The second-order valence-corrected chi connectivity index (χ2v) is 7.95. The Labute approximate surface area is 184 Å². The van der Waals surface area contributed by atoms with Crippen LogP contribution in [-0.2, 0) is 6.54 Å². The number of hydrogen-bond acceptors (Lipinski definition) is 5. The van der Waals surface area contributed by atoms with Crippen molar-refractivity contribution in [3.05, 3.63) is 59.5 Å². The molecule has 0 aliphatic carbocycles. The van der Waals surface area contributed by atoms with E-state index in [2.05, 4.69) is 67.7 Å². The predicted molar refractivity (Wildman–Crippen MR) is 126 cm³/mol. The Morgan fingerprint density at radius 2 is 1.84 bits per heavy atom. The van der Waals surface area contributed by atoms with Crippen LogP contribution in [0.3, 0.4) is 0 Å². The van der Waals surface area contributed by atoms with Crippen molar-refractivity contribution in [1.29, 1.82) is 0 Å². The van der Waals surface area contributed by atoms with Crippen LogP contribution in [0, 0.1) is 13.8 Å². The van der Waals surface area contributed by atoms with E-state index < -0.39 is 0 Å². The molecular weight excluding hydrogens is 388 g/mol. The van der Waals surface area contributed by atoms with Gasteiger partial charge in [-0.25, -0.2) is 0 Å². The summed E-state index contributed by atoms with van der Waals surface area (Å²) in [5, 5.41) is 15.2. The molecule has 3 heterocycles. The number of guanidine groups is 1. The third-order valence-electron chi connectivity index (χ3n) is 6.03. The van der Waals surface area contributed by atoms with E-state index in [0.717, 1.165) is 56.7 Å². The zero-order valence-corrected chi connectivity index (χ0v) is 18.7. The van der Waals surface area contributed by atoms with Crippen molar-refractivity contribution >= 4 is 17.3 Å². The smallest absolute Gasteiger partial charge is 0.191 e. The van der Waals surface area contributed by atoms with Crippen LogP contribution in [0.4, 0.5) is 5.69 Å². The summed E-state index contributed by atoms with van der Waals surface area (Å²) in [7, 11) is 1.79. The summed E-state index contributed by atoms with van der Waals surface area (Å²) < 4.78 is 1.98. The largest absolute Gasteiger partial charge is 0.369 e. The monoisotopic (exact) mass is 420 g/mol. The number of aliphatic imine (C=N–C) groups is 1. The molecule has 1 aliphatic rings. The van der Waals surface area contributed by atoms with Crippen molar-refractivity contribution in [3.63, 3.8) is 0 Å². The fourth-order valence-electron chi connectivity index (χ4n) is 4.02. The van der Waals surface area contributed by atoms with Gasteiger partial charge in [0.25, 0.3) is 0 Å². The molecule has 0 amide bonds. The lowest BCUT2D eigenvalue weighted by atomic mass is 10.1. The van der Waals surface area contributed by atoms with Gasteiger partial charge in [-0.2, -0.15) is 0 Å². The van der Waals surface area contributed by atoms with Crippen LogP contribution < -0.4 is 15.5 Å². The van der Waals surface area contributed by atoms with Crippen LogP contribution in [0.5, 0.6) is 0 Å². The normalized spacial score (nSPS) is 15.5. The Morgan fingerprint density at radius 3 is 2.65 bits per heavy atom. The fourth-order valence-corrected chi connectivity index (χ4v) is 4.02. The molecule has 0 atom stereocenters. The molecule has 1 aliphatic heterocycles. The Morgan fingerprint density at radius 1 is 1.00 bits per heavy atom. The van der Waals surface area contributed by atoms with Crippen LogP contribution in [0.2, 0.25) is 0 Å². The first kappa shape index (κ1) is 21.1. The molecule has 2 aromatic heterocycles. The van der Waals surface area contributed by atoms with Gasteiger partial charge in [0.15, 0.2) is 17.4 Å². The Bertz CT molecular complexity index is 1030. The lowest BCUT2D eigenvalue weighted by molar-refractivity contribution is 0.261. The number of piperazine rings is 1. The third kappa shape index (κ3) is 4.96. The van der Waals surface area contributed by atoms with Crippen molar-refractivity contribution in [2.24, 2.45) is 4.99 Å². The number of pyridine rings is 1. The van der Waals surface area contributed by atoms with Crippen molar-refractivity contribution in [2.45, 2.75) is 20.4 Å². The lowest BCUT2D eigenvalue weighted by Crippen LogP contribution is -2.49. The number of hydrogen-bond donors (Lipinski definition) is 2. The highest BCUT2D eigenvalue weighted by Gasteiger charge is 2.18. The molecule has 0 radical (unpaired) electrons. The summed E-state index contributed by atoms with van der Waals surface area (Å²) in [4.78, 5) is 9.35. The van der Waals surface area contributed by atoms with E-state index in [9.17, 15) is 0 Å². The van der Waals surface area contributed by atoms with Gasteiger partial charge in [0, 0.05) is 58.2 Å². The van der Waals surface area contributed by atoms with Gasteiger partial charge in [-0.3, -0.25) is 14.3 Å². The van der Waals surface area contributed by atoms with E-state index in [1.807, 2.05) is 28.8 Å². The number of nitrogens with one attached hydrogen (secondary N) is 2. The molecule has 8 heteroatoms. The molecular formula is C23H32N8. The molecule has 31 heavy (non-hydrogen) atoms. The predicted octanol–water partition coefficient (Wildman–Crippen LogP) is 1.83. The number of nitrogens with zero attached hydrogens (tertiary/aromatic N) is 6. The van der Waals surface area contributed by atoms with Gasteiger partial charge in [-0.1, -0.05) is 18.2 Å². The number of rotatable bonds is 6. The molecule has 1 fully saturated rings. The lowest BCUT2D eigenvalue weighted by Gasteiger charge is -2.37. The Hall–Kier alpha value is -3.13. The summed E-state index contributed by atoms with van der Waals surface area (Å²) in [5.41, 5.74) is 4.99. The maximum absolute atomic E-state index is 4.33. The SMILES string of the molecule is CN=C(NCCN1CCN(c2cccc(C)c2C)CC1)NCc1nnc2ccccn12. The number of benzene rings is 1. The van der Waals surface area contributed by atoms with E-state index in [1.165, 1.54) is 16.8 Å². The van der Waals surface area contributed by atoms with Gasteiger partial charge in [0.05, 0.1) is 6.54 Å².